The van der Waals surface area contributed by atoms with Gasteiger partial charge in [0, 0.05) is 10.6 Å². The van der Waals surface area contributed by atoms with Gasteiger partial charge >= 0.3 is 0 Å². The number of amides is 2. The van der Waals surface area contributed by atoms with Crippen LogP contribution in [0.3, 0.4) is 0 Å². The lowest BCUT2D eigenvalue weighted by molar-refractivity contribution is -0.123. The molecule has 0 radical (unpaired) electrons. The van der Waals surface area contributed by atoms with E-state index in [1.54, 1.807) is 17.0 Å². The molecule has 1 atom stereocenters. The summed E-state index contributed by atoms with van der Waals surface area (Å²) in [6, 6.07) is 14.1. The fraction of sp³-hybridized carbons (Fsp3) is 0.227. The Morgan fingerprint density at radius 1 is 1.06 bits per heavy atom. The van der Waals surface area contributed by atoms with Crippen LogP contribution in [-0.2, 0) is 26.0 Å². The molecule has 10 heteroatoms. The number of carbonyl (C=O) groups excluding carboxylic acids is 2. The van der Waals surface area contributed by atoms with Crippen molar-refractivity contribution in [3.8, 4) is 0 Å². The van der Waals surface area contributed by atoms with Gasteiger partial charge in [0.1, 0.15) is 4.32 Å². The van der Waals surface area contributed by atoms with Gasteiger partial charge in [0.2, 0.25) is 0 Å². The van der Waals surface area contributed by atoms with Crippen molar-refractivity contribution in [2.24, 2.45) is 0 Å². The molecule has 3 heterocycles. The average molecular weight is 505 g/mol. The number of carbonyl (C=O) groups is 2. The first-order valence-electron chi connectivity index (χ1n) is 9.91. The zero-order valence-electron chi connectivity index (χ0n) is 16.7. The van der Waals surface area contributed by atoms with Crippen molar-refractivity contribution in [3.63, 3.8) is 0 Å². The van der Waals surface area contributed by atoms with Crippen molar-refractivity contribution in [1.29, 1.82) is 0 Å². The van der Waals surface area contributed by atoms with Gasteiger partial charge in [0.25, 0.3) is 11.8 Å². The van der Waals surface area contributed by atoms with E-state index in [1.165, 1.54) is 4.90 Å². The molecular weight excluding hydrogens is 488 g/mol. The predicted octanol–water partition coefficient (Wildman–Crippen LogP) is 3.65. The SMILES string of the molecule is O=C1/C(=C2\SC(=S)N([C@H]3CCS(=O)(=O)C3)C2=O)c2ccccc2N1Cc1ccc(Cl)cc1. The lowest BCUT2D eigenvalue weighted by Gasteiger charge is -2.21. The Morgan fingerprint density at radius 3 is 2.47 bits per heavy atom. The maximum Gasteiger partial charge on any atom is 0.267 e. The first-order valence-corrected chi connectivity index (χ1v) is 13.3. The van der Waals surface area contributed by atoms with Gasteiger partial charge in [-0.25, -0.2) is 8.42 Å². The molecule has 3 aliphatic heterocycles. The highest BCUT2D eigenvalue weighted by Gasteiger charge is 2.46. The molecule has 3 aliphatic rings. The minimum absolute atomic E-state index is 0.0390. The number of thioether (sulfide) groups is 1. The second kappa shape index (κ2) is 7.98. The quantitative estimate of drug-likeness (QED) is 0.469. The molecule has 0 spiro atoms. The van der Waals surface area contributed by atoms with Crippen LogP contribution in [0.2, 0.25) is 5.02 Å². The Labute approximate surface area is 200 Å². The van der Waals surface area contributed by atoms with Gasteiger partial charge in [-0.3, -0.25) is 14.5 Å². The van der Waals surface area contributed by atoms with Crippen molar-refractivity contribution >= 4 is 72.8 Å². The molecule has 2 fully saturated rings. The molecule has 164 valence electrons. The van der Waals surface area contributed by atoms with Crippen LogP contribution in [0.15, 0.2) is 53.4 Å². The Kier molecular flexibility index (Phi) is 5.40. The maximum absolute atomic E-state index is 13.5. The van der Waals surface area contributed by atoms with Crippen molar-refractivity contribution < 1.29 is 18.0 Å². The van der Waals surface area contributed by atoms with Gasteiger partial charge < -0.3 is 4.90 Å². The molecule has 2 aromatic rings. The number of thiocarbonyl (C=S) groups is 1. The Bertz CT molecular complexity index is 1300. The third kappa shape index (κ3) is 3.67. The van der Waals surface area contributed by atoms with E-state index in [-0.39, 0.29) is 22.3 Å². The highest BCUT2D eigenvalue weighted by Crippen LogP contribution is 2.46. The zero-order valence-corrected chi connectivity index (χ0v) is 19.9. The van der Waals surface area contributed by atoms with Crippen LogP contribution in [0.1, 0.15) is 17.5 Å². The summed E-state index contributed by atoms with van der Waals surface area (Å²) in [5, 5.41) is 0.611. The van der Waals surface area contributed by atoms with E-state index >= 15 is 0 Å². The van der Waals surface area contributed by atoms with E-state index in [9.17, 15) is 18.0 Å². The molecule has 0 bridgehead atoms. The van der Waals surface area contributed by atoms with Crippen molar-refractivity contribution in [1.82, 2.24) is 4.90 Å². The first kappa shape index (κ1) is 21.6. The van der Waals surface area contributed by atoms with Crippen LogP contribution in [0, 0.1) is 0 Å². The smallest absolute Gasteiger partial charge is 0.267 e. The Balaban J connectivity index is 1.53. The molecule has 2 amide bonds. The summed E-state index contributed by atoms with van der Waals surface area (Å²) in [4.78, 5) is 30.1. The van der Waals surface area contributed by atoms with Crippen LogP contribution >= 0.6 is 35.6 Å². The standard InChI is InChI=1S/C22H17ClN2O4S3/c23-14-7-5-13(6-8-14)11-24-17-4-2-1-3-16(17)18(20(24)26)19-21(27)25(22(30)31-19)15-9-10-32(28,29)12-15/h1-8,15H,9-12H2/b19-18-/t15-/m0/s1. The van der Waals surface area contributed by atoms with Crippen LogP contribution in [-0.4, -0.2) is 47.0 Å². The monoisotopic (exact) mass is 504 g/mol. The van der Waals surface area contributed by atoms with Gasteiger partial charge in [0.15, 0.2) is 9.84 Å². The fourth-order valence-corrected chi connectivity index (χ4v) is 7.55. The number of fused-ring (bicyclic) bond motifs is 1. The fourth-order valence-electron chi connectivity index (χ4n) is 4.25. The van der Waals surface area contributed by atoms with E-state index in [1.807, 2.05) is 36.4 Å². The molecule has 0 saturated carbocycles. The molecule has 0 aromatic heterocycles. The maximum atomic E-state index is 13.5. The number of hydrogen-bond donors (Lipinski definition) is 0. The summed E-state index contributed by atoms with van der Waals surface area (Å²) in [6.45, 7) is 0.331. The molecule has 0 unspecified atom stereocenters. The highest BCUT2D eigenvalue weighted by molar-refractivity contribution is 8.26. The number of rotatable bonds is 3. The van der Waals surface area contributed by atoms with Crippen LogP contribution in [0.25, 0.3) is 5.57 Å². The molecule has 0 N–H and O–H groups in total. The number of hydrogen-bond acceptors (Lipinski definition) is 6. The van der Waals surface area contributed by atoms with E-state index in [0.717, 1.165) is 23.0 Å². The topological polar surface area (TPSA) is 74.8 Å². The number of sulfone groups is 1. The van der Waals surface area contributed by atoms with E-state index < -0.39 is 21.8 Å². The number of para-hydroxylation sites is 1. The van der Waals surface area contributed by atoms with Crippen LogP contribution < -0.4 is 4.90 Å². The van der Waals surface area contributed by atoms with Gasteiger partial charge in [-0.1, -0.05) is 65.9 Å². The van der Waals surface area contributed by atoms with E-state index in [4.69, 9.17) is 23.8 Å². The zero-order chi connectivity index (χ0) is 22.6. The minimum Gasteiger partial charge on any atom is -0.303 e. The molecule has 2 aromatic carbocycles. The third-order valence-electron chi connectivity index (χ3n) is 5.78. The van der Waals surface area contributed by atoms with Crippen molar-refractivity contribution in [2.75, 3.05) is 16.4 Å². The highest BCUT2D eigenvalue weighted by atomic mass is 35.5. The van der Waals surface area contributed by atoms with E-state index in [2.05, 4.69) is 0 Å². The summed E-state index contributed by atoms with van der Waals surface area (Å²) in [7, 11) is -3.19. The summed E-state index contributed by atoms with van der Waals surface area (Å²) < 4.78 is 24.2. The summed E-state index contributed by atoms with van der Waals surface area (Å²) in [5.74, 6) is -0.735. The molecule has 6 nitrogen and oxygen atoms in total. The summed E-state index contributed by atoms with van der Waals surface area (Å²) >= 11 is 12.5. The van der Waals surface area contributed by atoms with Gasteiger partial charge in [-0.2, -0.15) is 0 Å². The normalized spacial score (nSPS) is 24.5. The number of nitrogens with zero attached hydrogens (tertiary/aromatic N) is 2. The summed E-state index contributed by atoms with van der Waals surface area (Å²) in [5.41, 5.74) is 2.61. The number of anilines is 1. The van der Waals surface area contributed by atoms with Crippen molar-refractivity contribution in [3.05, 3.63) is 69.6 Å². The first-order chi connectivity index (χ1) is 15.2. The minimum atomic E-state index is -3.19. The Morgan fingerprint density at radius 2 is 1.78 bits per heavy atom. The van der Waals surface area contributed by atoms with Crippen LogP contribution in [0.4, 0.5) is 5.69 Å². The van der Waals surface area contributed by atoms with E-state index in [0.29, 0.717) is 33.4 Å². The second-order valence-corrected chi connectivity index (χ2v) is 12.1. The number of halogens is 1. The van der Waals surface area contributed by atoms with Gasteiger partial charge in [-0.15, -0.1) is 0 Å². The predicted molar refractivity (Wildman–Crippen MR) is 130 cm³/mol. The lowest BCUT2D eigenvalue weighted by Crippen LogP contribution is -2.39. The molecule has 5 rings (SSSR count). The van der Waals surface area contributed by atoms with Gasteiger partial charge in [-0.05, 0) is 30.2 Å². The molecule has 2 saturated heterocycles. The van der Waals surface area contributed by atoms with Crippen molar-refractivity contribution in [2.45, 2.75) is 19.0 Å². The molecule has 32 heavy (non-hydrogen) atoms. The lowest BCUT2D eigenvalue weighted by atomic mass is 10.1. The third-order valence-corrected chi connectivity index (χ3v) is 9.18. The Hall–Kier alpha value is -2.20. The molecule has 0 aliphatic carbocycles. The van der Waals surface area contributed by atoms with Gasteiger partial charge in [0.05, 0.1) is 40.3 Å². The number of benzene rings is 2. The summed E-state index contributed by atoms with van der Waals surface area (Å²) in [6.07, 6.45) is 0.352. The molecular formula is C22H17ClN2O4S3. The van der Waals surface area contributed by atoms with Crippen LogP contribution in [0.5, 0.6) is 0 Å². The second-order valence-electron chi connectivity index (χ2n) is 7.84. The largest absolute Gasteiger partial charge is 0.303 e. The average Bonchev–Trinajstić information content (AvgIpc) is 3.35.